The van der Waals surface area contributed by atoms with Gasteiger partial charge in [-0.15, -0.1) is 11.3 Å². The molecule has 0 spiro atoms. The Morgan fingerprint density at radius 2 is 1.92 bits per heavy atom. The lowest BCUT2D eigenvalue weighted by Gasteiger charge is -2.42. The van der Waals surface area contributed by atoms with Crippen molar-refractivity contribution in [2.75, 3.05) is 32.7 Å². The van der Waals surface area contributed by atoms with Crippen LogP contribution in [0.3, 0.4) is 0 Å². The molecule has 0 unspecified atom stereocenters. The van der Waals surface area contributed by atoms with Crippen molar-refractivity contribution in [2.24, 2.45) is 0 Å². The lowest BCUT2D eigenvalue weighted by molar-refractivity contribution is -0.135. The van der Waals surface area contributed by atoms with Crippen molar-refractivity contribution >= 4 is 46.4 Å². The van der Waals surface area contributed by atoms with Gasteiger partial charge >= 0.3 is 0 Å². The number of hydrogen-bond donors (Lipinski definition) is 0. The molecule has 0 N–H and O–H groups in total. The molecule has 0 bridgehead atoms. The van der Waals surface area contributed by atoms with Gasteiger partial charge in [-0.1, -0.05) is 35.3 Å². The molecule has 36 heavy (non-hydrogen) atoms. The number of hydrogen-bond acceptors (Lipinski definition) is 4. The second-order valence-corrected chi connectivity index (χ2v) is 11.1. The summed E-state index contributed by atoms with van der Waals surface area (Å²) in [7, 11) is 0. The Balaban J connectivity index is 1.28. The number of carbonyl (C=O) groups excluding carboxylic acids is 2. The Hall–Kier alpha value is -2.45. The number of nitrogens with zero attached hydrogens (tertiary/aromatic N) is 3. The van der Waals surface area contributed by atoms with E-state index in [2.05, 4.69) is 16.3 Å². The topological polar surface area (TPSA) is 43.9 Å². The fourth-order valence-corrected chi connectivity index (χ4v) is 6.58. The number of piperazine rings is 1. The van der Waals surface area contributed by atoms with Gasteiger partial charge < -0.3 is 9.80 Å². The van der Waals surface area contributed by atoms with Crippen molar-refractivity contribution in [3.8, 4) is 0 Å². The van der Waals surface area contributed by atoms with Crippen LogP contribution in [0.2, 0.25) is 10.0 Å². The fraction of sp³-hybridized carbons (Fsp3) is 0.333. The largest absolute Gasteiger partial charge is 0.338 e. The number of benzene rings is 2. The lowest BCUT2D eigenvalue weighted by atomic mass is 9.93. The molecule has 2 aliphatic rings. The number of rotatable bonds is 4. The predicted molar refractivity (Wildman–Crippen MR) is 141 cm³/mol. The third kappa shape index (κ3) is 5.02. The minimum Gasteiger partial charge on any atom is -0.338 e. The van der Waals surface area contributed by atoms with Gasteiger partial charge in [0.05, 0.1) is 23.2 Å². The molecule has 1 fully saturated rings. The summed E-state index contributed by atoms with van der Waals surface area (Å²) in [5.74, 6) is -0.432. The summed E-state index contributed by atoms with van der Waals surface area (Å²) >= 11 is 13.9. The monoisotopic (exact) mass is 545 g/mol. The summed E-state index contributed by atoms with van der Waals surface area (Å²) in [5, 5.41) is 2.86. The van der Waals surface area contributed by atoms with E-state index < -0.39 is 0 Å². The number of amides is 2. The molecule has 1 aromatic heterocycles. The van der Waals surface area contributed by atoms with E-state index in [4.69, 9.17) is 23.2 Å². The first-order valence-corrected chi connectivity index (χ1v) is 13.5. The molecule has 2 aromatic carbocycles. The normalized spacial score (nSPS) is 20.3. The molecule has 1 saturated heterocycles. The zero-order valence-corrected chi connectivity index (χ0v) is 22.1. The number of carbonyl (C=O) groups is 2. The molecule has 3 aromatic rings. The van der Waals surface area contributed by atoms with E-state index in [1.807, 2.05) is 17.9 Å². The Labute approximate surface area is 224 Å². The van der Waals surface area contributed by atoms with Crippen LogP contribution < -0.4 is 0 Å². The minimum atomic E-state index is -0.281. The third-order valence-corrected chi connectivity index (χ3v) is 8.52. The Morgan fingerprint density at radius 1 is 1.08 bits per heavy atom. The molecule has 2 atom stereocenters. The van der Waals surface area contributed by atoms with Crippen LogP contribution >= 0.6 is 34.5 Å². The molecular weight excluding hydrogens is 520 g/mol. The second kappa shape index (κ2) is 10.5. The van der Waals surface area contributed by atoms with Gasteiger partial charge in [0.1, 0.15) is 5.82 Å². The van der Waals surface area contributed by atoms with Gasteiger partial charge in [-0.2, -0.15) is 0 Å². The Kier molecular flexibility index (Phi) is 7.35. The highest BCUT2D eigenvalue weighted by atomic mass is 35.5. The summed E-state index contributed by atoms with van der Waals surface area (Å²) in [6, 6.07) is 13.3. The molecule has 5 rings (SSSR count). The quantitative estimate of drug-likeness (QED) is 0.433. The SMILES string of the molecule is C[C@H]1CN(C(=O)CN2CCc3sccc3[C@@H]2c2cccc(F)c2)CCN1C(=O)c1ccc(Cl)cc1Cl. The second-order valence-electron chi connectivity index (χ2n) is 9.29. The average Bonchev–Trinajstić information content (AvgIpc) is 3.32. The zero-order valence-electron chi connectivity index (χ0n) is 19.8. The predicted octanol–water partition coefficient (Wildman–Crippen LogP) is 5.51. The number of fused-ring (bicyclic) bond motifs is 1. The van der Waals surface area contributed by atoms with E-state index in [0.717, 1.165) is 24.1 Å². The van der Waals surface area contributed by atoms with E-state index in [0.29, 0.717) is 35.2 Å². The third-order valence-electron chi connectivity index (χ3n) is 6.97. The van der Waals surface area contributed by atoms with Gasteiger partial charge in [-0.05, 0) is 66.2 Å². The first-order chi connectivity index (χ1) is 17.3. The van der Waals surface area contributed by atoms with Crippen molar-refractivity contribution in [1.82, 2.24) is 14.7 Å². The summed E-state index contributed by atoms with van der Waals surface area (Å²) in [6.45, 7) is 4.21. The van der Waals surface area contributed by atoms with Crippen LogP contribution in [0.5, 0.6) is 0 Å². The molecule has 5 nitrogen and oxygen atoms in total. The van der Waals surface area contributed by atoms with E-state index in [-0.39, 0.29) is 36.3 Å². The van der Waals surface area contributed by atoms with Gasteiger partial charge in [0, 0.05) is 42.1 Å². The molecule has 0 radical (unpaired) electrons. The average molecular weight is 546 g/mol. The highest BCUT2D eigenvalue weighted by Crippen LogP contribution is 2.38. The first kappa shape index (κ1) is 25.2. The highest BCUT2D eigenvalue weighted by Gasteiger charge is 2.35. The van der Waals surface area contributed by atoms with E-state index in [9.17, 15) is 14.0 Å². The molecule has 0 aliphatic carbocycles. The Bertz CT molecular complexity index is 1300. The maximum Gasteiger partial charge on any atom is 0.255 e. The van der Waals surface area contributed by atoms with Crippen LogP contribution in [-0.2, 0) is 11.2 Å². The first-order valence-electron chi connectivity index (χ1n) is 11.9. The lowest BCUT2D eigenvalue weighted by Crippen LogP contribution is -2.57. The van der Waals surface area contributed by atoms with Crippen LogP contribution in [0.25, 0.3) is 0 Å². The summed E-state index contributed by atoms with van der Waals surface area (Å²) < 4.78 is 14.1. The molecule has 2 aliphatic heterocycles. The van der Waals surface area contributed by atoms with Crippen molar-refractivity contribution in [2.45, 2.75) is 25.4 Å². The standard InChI is InChI=1S/C27H26Cl2FN3O2S/c1-17-15-31(10-11-33(17)27(35)21-6-5-19(28)14-23(21)29)25(34)16-32-9-7-24-22(8-12-36-24)26(32)18-3-2-4-20(30)13-18/h2-6,8,12-14,17,26H,7,9-11,15-16H2,1H3/t17-,26-/m0/s1. The highest BCUT2D eigenvalue weighted by molar-refractivity contribution is 7.10. The van der Waals surface area contributed by atoms with Crippen LogP contribution in [0.1, 0.15) is 39.3 Å². The number of thiophene rings is 1. The molecule has 9 heteroatoms. The minimum absolute atomic E-state index is 0.0126. The molecule has 0 saturated carbocycles. The van der Waals surface area contributed by atoms with Gasteiger partial charge in [0.2, 0.25) is 5.91 Å². The van der Waals surface area contributed by atoms with Gasteiger partial charge in [0.25, 0.3) is 5.91 Å². The van der Waals surface area contributed by atoms with Crippen molar-refractivity contribution < 1.29 is 14.0 Å². The van der Waals surface area contributed by atoms with E-state index in [1.165, 1.54) is 10.9 Å². The van der Waals surface area contributed by atoms with Crippen LogP contribution in [-0.4, -0.2) is 65.3 Å². The van der Waals surface area contributed by atoms with Crippen molar-refractivity contribution in [1.29, 1.82) is 0 Å². The van der Waals surface area contributed by atoms with Crippen molar-refractivity contribution in [3.05, 3.63) is 91.3 Å². The maximum absolute atomic E-state index is 14.1. The Morgan fingerprint density at radius 3 is 2.67 bits per heavy atom. The fourth-order valence-electron chi connectivity index (χ4n) is 5.18. The maximum atomic E-state index is 14.1. The van der Waals surface area contributed by atoms with E-state index >= 15 is 0 Å². The molecule has 3 heterocycles. The van der Waals surface area contributed by atoms with Gasteiger partial charge in [0.15, 0.2) is 0 Å². The van der Waals surface area contributed by atoms with Gasteiger partial charge in [-0.3, -0.25) is 14.5 Å². The summed E-state index contributed by atoms with van der Waals surface area (Å²) in [6.07, 6.45) is 0.868. The summed E-state index contributed by atoms with van der Waals surface area (Å²) in [5.41, 5.74) is 2.41. The smallest absolute Gasteiger partial charge is 0.255 e. The van der Waals surface area contributed by atoms with Crippen LogP contribution in [0.15, 0.2) is 53.9 Å². The van der Waals surface area contributed by atoms with Crippen LogP contribution in [0, 0.1) is 5.82 Å². The van der Waals surface area contributed by atoms with Crippen LogP contribution in [0.4, 0.5) is 4.39 Å². The van der Waals surface area contributed by atoms with Gasteiger partial charge in [-0.25, -0.2) is 4.39 Å². The van der Waals surface area contributed by atoms with E-state index in [1.54, 1.807) is 46.6 Å². The molecule has 188 valence electrons. The zero-order chi connectivity index (χ0) is 25.4. The molecule has 2 amide bonds. The molecular formula is C27H26Cl2FN3O2S. The summed E-state index contributed by atoms with van der Waals surface area (Å²) in [4.78, 5) is 33.5. The number of halogens is 3. The van der Waals surface area contributed by atoms with Crippen molar-refractivity contribution in [3.63, 3.8) is 0 Å².